The summed E-state index contributed by atoms with van der Waals surface area (Å²) < 4.78 is 0. The Bertz CT molecular complexity index is 519. The molecule has 82 valence electrons. The minimum absolute atomic E-state index is 0.314. The average molecular weight is 212 g/mol. The van der Waals surface area contributed by atoms with Crippen LogP contribution in [0.5, 0.6) is 0 Å². The molecule has 0 radical (unpaired) electrons. The van der Waals surface area contributed by atoms with E-state index in [1.54, 1.807) is 0 Å². The highest BCUT2D eigenvalue weighted by molar-refractivity contribution is 5.79. The second-order valence-corrected chi connectivity index (χ2v) is 4.82. The number of benzene rings is 1. The van der Waals surface area contributed by atoms with Crippen molar-refractivity contribution in [2.24, 2.45) is 11.7 Å². The lowest BCUT2D eigenvalue weighted by Crippen LogP contribution is -2.17. The van der Waals surface area contributed by atoms with E-state index in [0.29, 0.717) is 17.9 Å². The highest BCUT2D eigenvalue weighted by Gasteiger charge is 2.40. The molecule has 1 aliphatic rings. The van der Waals surface area contributed by atoms with Crippen LogP contribution in [0.15, 0.2) is 36.5 Å². The molecule has 1 heterocycles. The number of rotatable bonds is 2. The Kier molecular flexibility index (Phi) is 2.18. The number of nitrogens with zero attached hydrogens (tertiary/aromatic N) is 1. The summed E-state index contributed by atoms with van der Waals surface area (Å²) in [7, 11) is 0. The zero-order chi connectivity index (χ0) is 11.1. The Morgan fingerprint density at radius 3 is 3.00 bits per heavy atom. The van der Waals surface area contributed by atoms with E-state index in [9.17, 15) is 0 Å². The van der Waals surface area contributed by atoms with Gasteiger partial charge in [-0.15, -0.1) is 0 Å². The van der Waals surface area contributed by atoms with Crippen molar-refractivity contribution in [2.45, 2.75) is 25.3 Å². The quantitative estimate of drug-likeness (QED) is 0.831. The summed E-state index contributed by atoms with van der Waals surface area (Å²) in [6.07, 6.45) is 3.08. The average Bonchev–Trinajstić information content (AvgIpc) is 3.08. The van der Waals surface area contributed by atoms with Crippen molar-refractivity contribution >= 4 is 10.9 Å². The third kappa shape index (κ3) is 1.59. The van der Waals surface area contributed by atoms with Crippen molar-refractivity contribution in [3.63, 3.8) is 0 Å². The van der Waals surface area contributed by atoms with Crippen molar-refractivity contribution in [3.05, 3.63) is 42.1 Å². The van der Waals surface area contributed by atoms with Crippen molar-refractivity contribution < 1.29 is 0 Å². The first-order valence-electron chi connectivity index (χ1n) is 5.86. The zero-order valence-corrected chi connectivity index (χ0v) is 9.43. The lowest BCUT2D eigenvalue weighted by atomic mass is 10.0. The largest absolute Gasteiger partial charge is 0.328 e. The van der Waals surface area contributed by atoms with Crippen LogP contribution in [-0.4, -0.2) is 11.0 Å². The topological polar surface area (TPSA) is 38.9 Å². The fourth-order valence-corrected chi connectivity index (χ4v) is 2.50. The van der Waals surface area contributed by atoms with Crippen LogP contribution in [0.25, 0.3) is 10.9 Å². The number of aromatic nitrogens is 1. The molecule has 16 heavy (non-hydrogen) atoms. The number of pyridine rings is 1. The Balaban J connectivity index is 1.95. The summed E-state index contributed by atoms with van der Waals surface area (Å²) >= 11 is 0. The summed E-state index contributed by atoms with van der Waals surface area (Å²) in [6.45, 7) is 2.10. The Labute approximate surface area is 95.5 Å². The van der Waals surface area contributed by atoms with Gasteiger partial charge in [-0.1, -0.05) is 12.1 Å². The first kappa shape index (κ1) is 9.79. The molecule has 0 amide bonds. The molecular weight excluding hydrogens is 196 g/mol. The highest BCUT2D eigenvalue weighted by Crippen LogP contribution is 2.49. The standard InChI is InChI=1S/C14H16N2/c1-9(15)12-8-13(12)10-4-5-14-11(7-10)3-2-6-16-14/h2-7,9,12-13H,8,15H2,1H3. The van der Waals surface area contributed by atoms with Gasteiger partial charge in [0.15, 0.2) is 0 Å². The fraction of sp³-hybridized carbons (Fsp3) is 0.357. The normalized spacial score (nSPS) is 25.6. The molecule has 3 rings (SSSR count). The smallest absolute Gasteiger partial charge is 0.0702 e. The molecule has 1 aromatic heterocycles. The molecule has 2 N–H and O–H groups in total. The van der Waals surface area contributed by atoms with Gasteiger partial charge in [0.25, 0.3) is 0 Å². The van der Waals surface area contributed by atoms with Gasteiger partial charge in [-0.3, -0.25) is 4.98 Å². The van der Waals surface area contributed by atoms with E-state index in [1.165, 1.54) is 17.4 Å². The van der Waals surface area contributed by atoms with Crippen LogP contribution in [0.2, 0.25) is 0 Å². The molecule has 2 heteroatoms. The van der Waals surface area contributed by atoms with E-state index < -0.39 is 0 Å². The van der Waals surface area contributed by atoms with Gasteiger partial charge < -0.3 is 5.73 Å². The molecule has 0 aliphatic heterocycles. The molecular formula is C14H16N2. The monoisotopic (exact) mass is 212 g/mol. The molecule has 1 aliphatic carbocycles. The minimum atomic E-state index is 0.314. The minimum Gasteiger partial charge on any atom is -0.328 e. The molecule has 3 atom stereocenters. The first-order valence-corrected chi connectivity index (χ1v) is 5.86. The molecule has 0 saturated heterocycles. The SMILES string of the molecule is CC(N)C1CC1c1ccc2ncccc2c1. The molecule has 0 spiro atoms. The second-order valence-electron chi connectivity index (χ2n) is 4.82. The number of nitrogens with two attached hydrogens (primary N) is 1. The predicted octanol–water partition coefficient (Wildman–Crippen LogP) is 2.69. The Morgan fingerprint density at radius 2 is 2.25 bits per heavy atom. The van der Waals surface area contributed by atoms with Crippen LogP contribution in [0.3, 0.4) is 0 Å². The second kappa shape index (κ2) is 3.56. The van der Waals surface area contributed by atoms with Gasteiger partial charge in [0, 0.05) is 17.6 Å². The number of hydrogen-bond acceptors (Lipinski definition) is 2. The molecule has 2 aromatic rings. The van der Waals surface area contributed by atoms with E-state index in [4.69, 9.17) is 5.73 Å². The Morgan fingerprint density at radius 1 is 1.38 bits per heavy atom. The van der Waals surface area contributed by atoms with Gasteiger partial charge >= 0.3 is 0 Å². The van der Waals surface area contributed by atoms with Crippen LogP contribution in [0.4, 0.5) is 0 Å². The third-order valence-corrected chi connectivity index (χ3v) is 3.57. The van der Waals surface area contributed by atoms with Gasteiger partial charge in [0.05, 0.1) is 5.52 Å². The van der Waals surface area contributed by atoms with Crippen LogP contribution in [0, 0.1) is 5.92 Å². The van der Waals surface area contributed by atoms with Gasteiger partial charge in [-0.25, -0.2) is 0 Å². The molecule has 3 unspecified atom stereocenters. The highest BCUT2D eigenvalue weighted by atomic mass is 14.7. The third-order valence-electron chi connectivity index (χ3n) is 3.57. The lowest BCUT2D eigenvalue weighted by molar-refractivity contribution is 0.632. The molecule has 1 saturated carbocycles. The van der Waals surface area contributed by atoms with E-state index in [-0.39, 0.29) is 0 Å². The molecule has 1 fully saturated rings. The van der Waals surface area contributed by atoms with Crippen LogP contribution >= 0.6 is 0 Å². The number of hydrogen-bond donors (Lipinski definition) is 1. The lowest BCUT2D eigenvalue weighted by Gasteiger charge is -2.05. The predicted molar refractivity (Wildman–Crippen MR) is 66.2 cm³/mol. The van der Waals surface area contributed by atoms with Gasteiger partial charge in [0.1, 0.15) is 0 Å². The molecule has 1 aromatic carbocycles. The van der Waals surface area contributed by atoms with Gasteiger partial charge in [-0.05, 0) is 48.9 Å². The summed E-state index contributed by atoms with van der Waals surface area (Å²) in [6, 6.07) is 11.0. The van der Waals surface area contributed by atoms with Crippen molar-refractivity contribution in [1.82, 2.24) is 4.98 Å². The van der Waals surface area contributed by atoms with E-state index in [0.717, 1.165) is 5.52 Å². The molecule has 2 nitrogen and oxygen atoms in total. The van der Waals surface area contributed by atoms with Crippen molar-refractivity contribution in [1.29, 1.82) is 0 Å². The summed E-state index contributed by atoms with van der Waals surface area (Å²) in [5, 5.41) is 1.23. The Hall–Kier alpha value is -1.41. The van der Waals surface area contributed by atoms with Crippen LogP contribution in [0.1, 0.15) is 24.8 Å². The van der Waals surface area contributed by atoms with E-state index in [2.05, 4.69) is 36.2 Å². The van der Waals surface area contributed by atoms with Gasteiger partial charge in [0.2, 0.25) is 0 Å². The maximum Gasteiger partial charge on any atom is 0.0702 e. The van der Waals surface area contributed by atoms with Gasteiger partial charge in [-0.2, -0.15) is 0 Å². The summed E-state index contributed by atoms with van der Waals surface area (Å²) in [5.74, 6) is 1.35. The summed E-state index contributed by atoms with van der Waals surface area (Å²) in [4.78, 5) is 4.33. The van der Waals surface area contributed by atoms with Crippen LogP contribution < -0.4 is 5.73 Å². The van der Waals surface area contributed by atoms with Crippen LogP contribution in [-0.2, 0) is 0 Å². The fourth-order valence-electron chi connectivity index (χ4n) is 2.50. The first-order chi connectivity index (χ1) is 7.75. The molecule has 0 bridgehead atoms. The maximum atomic E-state index is 5.93. The zero-order valence-electron chi connectivity index (χ0n) is 9.43. The summed E-state index contributed by atoms with van der Waals surface area (Å²) in [5.41, 5.74) is 8.42. The number of fused-ring (bicyclic) bond motifs is 1. The van der Waals surface area contributed by atoms with Crippen molar-refractivity contribution in [2.75, 3.05) is 0 Å². The van der Waals surface area contributed by atoms with Crippen molar-refractivity contribution in [3.8, 4) is 0 Å². The maximum absolute atomic E-state index is 5.93. The van der Waals surface area contributed by atoms with E-state index in [1.807, 2.05) is 12.3 Å². The van der Waals surface area contributed by atoms with E-state index >= 15 is 0 Å².